The van der Waals surface area contributed by atoms with Gasteiger partial charge in [-0.2, -0.15) is 0 Å². The van der Waals surface area contributed by atoms with E-state index in [1.807, 2.05) is 0 Å². The highest BCUT2D eigenvalue weighted by atomic mass is 16.5. The van der Waals surface area contributed by atoms with Crippen molar-refractivity contribution in [2.45, 2.75) is 27.7 Å². The molecule has 0 spiro atoms. The molecule has 0 fully saturated rings. The average Bonchev–Trinajstić information content (AvgIpc) is 2.54. The Balaban J connectivity index is 3.14. The number of anilines is 3. The minimum atomic E-state index is 0.523. The minimum Gasteiger partial charge on any atom is -0.393 e. The molecule has 0 aromatic carbocycles. The molecule has 0 saturated carbocycles. The lowest BCUT2D eigenvalue weighted by Crippen LogP contribution is -2.35. The Bertz CT molecular complexity index is 478. The number of aromatic nitrogens is 2. The maximum Gasteiger partial charge on any atom is 0.157 e. The SMILES string of the molecule is COCCN(CCOC)c1ncnc(N(CC(C)C)CC(C)C)c1N. The van der Waals surface area contributed by atoms with E-state index in [9.17, 15) is 0 Å². The molecule has 0 aliphatic carbocycles. The van der Waals surface area contributed by atoms with E-state index in [0.29, 0.717) is 43.8 Å². The fourth-order valence-corrected chi connectivity index (χ4v) is 2.74. The predicted molar refractivity (Wildman–Crippen MR) is 104 cm³/mol. The van der Waals surface area contributed by atoms with Crippen molar-refractivity contribution >= 4 is 17.3 Å². The first kappa shape index (κ1) is 21.4. The van der Waals surface area contributed by atoms with Crippen LogP contribution in [0, 0.1) is 11.8 Å². The summed E-state index contributed by atoms with van der Waals surface area (Å²) in [6.07, 6.45) is 1.60. The molecule has 0 saturated heterocycles. The molecule has 0 radical (unpaired) electrons. The first-order valence-corrected chi connectivity index (χ1v) is 8.98. The van der Waals surface area contributed by atoms with Gasteiger partial charge in [-0.25, -0.2) is 9.97 Å². The van der Waals surface area contributed by atoms with Crippen molar-refractivity contribution < 1.29 is 9.47 Å². The van der Waals surface area contributed by atoms with Crippen LogP contribution in [0.5, 0.6) is 0 Å². The van der Waals surface area contributed by atoms with Crippen molar-refractivity contribution in [3.63, 3.8) is 0 Å². The van der Waals surface area contributed by atoms with Crippen LogP contribution in [0.3, 0.4) is 0 Å². The number of hydrogen-bond donors (Lipinski definition) is 1. The minimum absolute atomic E-state index is 0.523. The monoisotopic (exact) mass is 353 g/mol. The van der Waals surface area contributed by atoms with Gasteiger partial charge in [-0.15, -0.1) is 0 Å². The van der Waals surface area contributed by atoms with Gasteiger partial charge < -0.3 is 25.0 Å². The van der Waals surface area contributed by atoms with Crippen LogP contribution in [-0.4, -0.2) is 63.6 Å². The largest absolute Gasteiger partial charge is 0.393 e. The van der Waals surface area contributed by atoms with Crippen molar-refractivity contribution in [1.29, 1.82) is 0 Å². The van der Waals surface area contributed by atoms with Crippen molar-refractivity contribution in [2.75, 3.05) is 69.1 Å². The summed E-state index contributed by atoms with van der Waals surface area (Å²) in [4.78, 5) is 13.3. The highest BCUT2D eigenvalue weighted by Gasteiger charge is 2.20. The van der Waals surface area contributed by atoms with Gasteiger partial charge in [-0.3, -0.25) is 0 Å². The lowest BCUT2D eigenvalue weighted by Gasteiger charge is -2.30. The second kappa shape index (κ2) is 11.1. The third-order valence-corrected chi connectivity index (χ3v) is 3.74. The Hall–Kier alpha value is -1.60. The van der Waals surface area contributed by atoms with Crippen LogP contribution in [0.25, 0.3) is 0 Å². The zero-order valence-corrected chi connectivity index (χ0v) is 16.7. The zero-order chi connectivity index (χ0) is 18.8. The van der Waals surface area contributed by atoms with Gasteiger partial charge >= 0.3 is 0 Å². The maximum absolute atomic E-state index is 6.49. The summed E-state index contributed by atoms with van der Waals surface area (Å²) in [6.45, 7) is 13.2. The van der Waals surface area contributed by atoms with Crippen LogP contribution in [0.15, 0.2) is 6.33 Å². The van der Waals surface area contributed by atoms with Gasteiger partial charge in [0.05, 0.1) is 13.2 Å². The smallest absolute Gasteiger partial charge is 0.157 e. The molecule has 0 bridgehead atoms. The second-order valence-corrected chi connectivity index (χ2v) is 7.10. The van der Waals surface area contributed by atoms with Crippen LogP contribution >= 0.6 is 0 Å². The standard InChI is InChI=1S/C18H35N5O2/c1-14(2)11-23(12-15(3)4)18-16(19)17(20-13-21-18)22(7-9-24-5)8-10-25-6/h13-15H,7-12,19H2,1-6H3. The van der Waals surface area contributed by atoms with Crippen molar-refractivity contribution in [3.05, 3.63) is 6.33 Å². The quantitative estimate of drug-likeness (QED) is 0.618. The molecule has 7 nitrogen and oxygen atoms in total. The van der Waals surface area contributed by atoms with E-state index in [-0.39, 0.29) is 0 Å². The summed E-state index contributed by atoms with van der Waals surface area (Å²) in [6, 6.07) is 0. The number of methoxy groups -OCH3 is 2. The molecular weight excluding hydrogens is 318 g/mol. The van der Waals surface area contributed by atoms with E-state index in [4.69, 9.17) is 15.2 Å². The molecule has 1 aromatic heterocycles. The molecule has 2 N–H and O–H groups in total. The first-order chi connectivity index (χ1) is 11.9. The average molecular weight is 354 g/mol. The van der Waals surface area contributed by atoms with E-state index in [1.165, 1.54) is 0 Å². The van der Waals surface area contributed by atoms with Crippen molar-refractivity contribution in [2.24, 2.45) is 11.8 Å². The third-order valence-electron chi connectivity index (χ3n) is 3.74. The summed E-state index contributed by atoms with van der Waals surface area (Å²) in [5.41, 5.74) is 7.11. The second-order valence-electron chi connectivity index (χ2n) is 7.10. The number of nitrogen functional groups attached to an aromatic ring is 1. The highest BCUT2D eigenvalue weighted by Crippen LogP contribution is 2.29. The molecular formula is C18H35N5O2. The summed E-state index contributed by atoms with van der Waals surface area (Å²) < 4.78 is 10.4. The van der Waals surface area contributed by atoms with Crippen molar-refractivity contribution in [1.82, 2.24) is 9.97 Å². The Morgan fingerprint density at radius 2 is 1.32 bits per heavy atom. The maximum atomic E-state index is 6.49. The predicted octanol–water partition coefficient (Wildman–Crippen LogP) is 2.28. The third kappa shape index (κ3) is 7.04. The normalized spacial score (nSPS) is 11.4. The molecule has 25 heavy (non-hydrogen) atoms. The number of ether oxygens (including phenoxy) is 2. The van der Waals surface area contributed by atoms with Gasteiger partial charge in [0.1, 0.15) is 12.0 Å². The van der Waals surface area contributed by atoms with Gasteiger partial charge in [0.15, 0.2) is 11.6 Å². The van der Waals surface area contributed by atoms with E-state index >= 15 is 0 Å². The van der Waals surface area contributed by atoms with Gasteiger partial charge in [-0.05, 0) is 11.8 Å². The fourth-order valence-electron chi connectivity index (χ4n) is 2.74. The summed E-state index contributed by atoms with van der Waals surface area (Å²) in [7, 11) is 3.38. The molecule has 0 amide bonds. The first-order valence-electron chi connectivity index (χ1n) is 8.98. The molecule has 1 heterocycles. The highest BCUT2D eigenvalue weighted by molar-refractivity contribution is 5.75. The van der Waals surface area contributed by atoms with Crippen LogP contribution in [0.2, 0.25) is 0 Å². The zero-order valence-electron chi connectivity index (χ0n) is 16.7. The van der Waals surface area contributed by atoms with Gasteiger partial charge in [-0.1, -0.05) is 27.7 Å². The Morgan fingerprint density at radius 3 is 1.72 bits per heavy atom. The summed E-state index contributed by atoms with van der Waals surface area (Å²) in [5.74, 6) is 2.60. The van der Waals surface area contributed by atoms with E-state index < -0.39 is 0 Å². The lowest BCUT2D eigenvalue weighted by molar-refractivity contribution is 0.190. The molecule has 0 unspecified atom stereocenters. The van der Waals surface area contributed by atoms with E-state index in [2.05, 4.69) is 47.5 Å². The van der Waals surface area contributed by atoms with Crippen LogP contribution in [0.4, 0.5) is 17.3 Å². The number of nitrogens with zero attached hydrogens (tertiary/aromatic N) is 4. The molecule has 0 aliphatic heterocycles. The van der Waals surface area contributed by atoms with Gasteiger partial charge in [0.25, 0.3) is 0 Å². The summed E-state index contributed by atoms with van der Waals surface area (Å²) in [5, 5.41) is 0. The van der Waals surface area contributed by atoms with E-state index in [1.54, 1.807) is 20.5 Å². The molecule has 1 rings (SSSR count). The molecule has 7 heteroatoms. The van der Waals surface area contributed by atoms with E-state index in [0.717, 1.165) is 24.7 Å². The molecule has 1 aromatic rings. The number of rotatable bonds is 12. The Morgan fingerprint density at radius 1 is 0.880 bits per heavy atom. The number of hydrogen-bond acceptors (Lipinski definition) is 7. The summed E-state index contributed by atoms with van der Waals surface area (Å²) >= 11 is 0. The molecule has 144 valence electrons. The lowest BCUT2D eigenvalue weighted by atomic mass is 10.1. The molecule has 0 aliphatic rings. The van der Waals surface area contributed by atoms with Gasteiger partial charge in [0, 0.05) is 40.4 Å². The van der Waals surface area contributed by atoms with Gasteiger partial charge in [0.2, 0.25) is 0 Å². The van der Waals surface area contributed by atoms with Crippen LogP contribution < -0.4 is 15.5 Å². The van der Waals surface area contributed by atoms with Crippen LogP contribution in [0.1, 0.15) is 27.7 Å². The molecule has 0 atom stereocenters. The van der Waals surface area contributed by atoms with Crippen molar-refractivity contribution in [3.8, 4) is 0 Å². The van der Waals surface area contributed by atoms with Crippen LogP contribution in [-0.2, 0) is 9.47 Å². The Kier molecular flexibility index (Phi) is 9.52. The fraction of sp³-hybridized carbons (Fsp3) is 0.778. The topological polar surface area (TPSA) is 76.7 Å². The Labute approximate surface area is 152 Å². The number of nitrogens with two attached hydrogens (primary N) is 1.